The molecule has 8 nitrogen and oxygen atoms in total. The zero-order valence-corrected chi connectivity index (χ0v) is 21.8. The van der Waals surface area contributed by atoms with Crippen LogP contribution in [0.15, 0.2) is 23.2 Å². The molecule has 1 heterocycles. The SMILES string of the molecule is CN=C(NCc1ccc(OC)cc1OC)NCC1CCCN(C(=O)OC(C)(C)C)C1.I. The van der Waals surface area contributed by atoms with Gasteiger partial charge in [-0.2, -0.15) is 0 Å². The van der Waals surface area contributed by atoms with Crippen molar-refractivity contribution < 1.29 is 19.0 Å². The number of carbonyl (C=O) groups excluding carboxylic acids is 1. The van der Waals surface area contributed by atoms with Crippen molar-refractivity contribution in [2.24, 2.45) is 10.9 Å². The molecule has 0 saturated carbocycles. The Bertz CT molecular complexity index is 737. The van der Waals surface area contributed by atoms with Crippen LogP contribution in [0.4, 0.5) is 4.79 Å². The van der Waals surface area contributed by atoms with Crippen LogP contribution in [0, 0.1) is 5.92 Å². The summed E-state index contributed by atoms with van der Waals surface area (Å²) in [6.07, 6.45) is 1.80. The molecule has 0 aliphatic carbocycles. The highest BCUT2D eigenvalue weighted by Crippen LogP contribution is 2.24. The highest BCUT2D eigenvalue weighted by molar-refractivity contribution is 14.0. The zero-order valence-electron chi connectivity index (χ0n) is 19.5. The number of hydrogen-bond acceptors (Lipinski definition) is 5. The number of ether oxygens (including phenoxy) is 3. The van der Waals surface area contributed by atoms with E-state index in [-0.39, 0.29) is 30.1 Å². The van der Waals surface area contributed by atoms with E-state index in [1.165, 1.54) is 0 Å². The predicted molar refractivity (Wildman–Crippen MR) is 134 cm³/mol. The molecule has 0 bridgehead atoms. The standard InChI is InChI=1S/C22H36N4O4.HI/c1-22(2,3)30-21(27)26-11-7-8-16(15-26)13-24-20(23-4)25-14-17-9-10-18(28-5)12-19(17)29-6;/h9-10,12,16H,7-8,11,13-15H2,1-6H3,(H2,23,24,25);1H. The Labute approximate surface area is 203 Å². The fraction of sp³-hybridized carbons (Fsp3) is 0.636. The lowest BCUT2D eigenvalue weighted by Crippen LogP contribution is -2.47. The van der Waals surface area contributed by atoms with Gasteiger partial charge in [0.15, 0.2) is 5.96 Å². The second kappa shape index (κ2) is 12.8. The molecular weight excluding hydrogens is 511 g/mol. The maximum absolute atomic E-state index is 12.3. The molecule has 1 fully saturated rings. The van der Waals surface area contributed by atoms with Gasteiger partial charge in [-0.1, -0.05) is 0 Å². The molecule has 1 aliphatic rings. The van der Waals surface area contributed by atoms with Crippen molar-refractivity contribution in [2.45, 2.75) is 45.8 Å². The Balaban J connectivity index is 0.00000480. The number of likely N-dealkylation sites (tertiary alicyclic amines) is 1. The lowest BCUT2D eigenvalue weighted by atomic mass is 9.98. The number of hydrogen-bond donors (Lipinski definition) is 2. The van der Waals surface area contributed by atoms with Crippen molar-refractivity contribution in [2.75, 3.05) is 40.9 Å². The third-order valence-electron chi connectivity index (χ3n) is 4.89. The van der Waals surface area contributed by atoms with Gasteiger partial charge in [0.25, 0.3) is 0 Å². The summed E-state index contributed by atoms with van der Waals surface area (Å²) in [7, 11) is 5.02. The van der Waals surface area contributed by atoms with Crippen LogP contribution in [0.1, 0.15) is 39.2 Å². The molecule has 0 spiro atoms. The quantitative estimate of drug-likeness (QED) is 0.321. The first-order valence-corrected chi connectivity index (χ1v) is 10.4. The van der Waals surface area contributed by atoms with E-state index >= 15 is 0 Å². The van der Waals surface area contributed by atoms with Gasteiger partial charge < -0.3 is 29.7 Å². The summed E-state index contributed by atoms with van der Waals surface area (Å²) >= 11 is 0. The minimum atomic E-state index is -0.475. The fourth-order valence-electron chi connectivity index (χ4n) is 3.36. The number of guanidine groups is 1. The van der Waals surface area contributed by atoms with E-state index < -0.39 is 5.60 Å². The van der Waals surface area contributed by atoms with E-state index in [0.29, 0.717) is 25.0 Å². The summed E-state index contributed by atoms with van der Waals surface area (Å²) in [4.78, 5) is 18.5. The highest BCUT2D eigenvalue weighted by Gasteiger charge is 2.27. The molecule has 1 atom stereocenters. The van der Waals surface area contributed by atoms with Crippen molar-refractivity contribution in [1.29, 1.82) is 0 Å². The topological polar surface area (TPSA) is 84.4 Å². The third kappa shape index (κ3) is 9.00. The lowest BCUT2D eigenvalue weighted by Gasteiger charge is -2.34. The van der Waals surface area contributed by atoms with Crippen LogP contribution in [0.25, 0.3) is 0 Å². The smallest absolute Gasteiger partial charge is 0.410 e. The van der Waals surface area contributed by atoms with Gasteiger partial charge in [0, 0.05) is 44.9 Å². The van der Waals surface area contributed by atoms with E-state index in [1.807, 2.05) is 39.0 Å². The van der Waals surface area contributed by atoms with E-state index in [4.69, 9.17) is 14.2 Å². The lowest BCUT2D eigenvalue weighted by molar-refractivity contribution is 0.0168. The number of benzene rings is 1. The van der Waals surface area contributed by atoms with Gasteiger partial charge in [0.2, 0.25) is 0 Å². The molecule has 1 aromatic carbocycles. The van der Waals surface area contributed by atoms with Gasteiger partial charge in [-0.25, -0.2) is 4.79 Å². The van der Waals surface area contributed by atoms with Gasteiger partial charge in [0.05, 0.1) is 14.2 Å². The fourth-order valence-corrected chi connectivity index (χ4v) is 3.36. The average molecular weight is 548 g/mol. The molecular formula is C22H37IN4O4. The van der Waals surface area contributed by atoms with Crippen LogP contribution < -0.4 is 20.1 Å². The van der Waals surface area contributed by atoms with E-state index in [1.54, 1.807) is 26.2 Å². The molecule has 9 heteroatoms. The van der Waals surface area contributed by atoms with Crippen LogP contribution in [0.3, 0.4) is 0 Å². The molecule has 0 radical (unpaired) electrons. The van der Waals surface area contributed by atoms with Crippen LogP contribution in [-0.2, 0) is 11.3 Å². The Morgan fingerprint density at radius 2 is 1.97 bits per heavy atom. The monoisotopic (exact) mass is 548 g/mol. The van der Waals surface area contributed by atoms with Crippen LogP contribution in [-0.4, -0.2) is 63.5 Å². The number of methoxy groups -OCH3 is 2. The minimum Gasteiger partial charge on any atom is -0.497 e. The van der Waals surface area contributed by atoms with Crippen LogP contribution in [0.5, 0.6) is 11.5 Å². The molecule has 31 heavy (non-hydrogen) atoms. The molecule has 1 aliphatic heterocycles. The first-order valence-electron chi connectivity index (χ1n) is 10.4. The maximum atomic E-state index is 12.3. The first kappa shape index (κ1) is 27.1. The van der Waals surface area contributed by atoms with Crippen molar-refractivity contribution in [1.82, 2.24) is 15.5 Å². The second-order valence-electron chi connectivity index (χ2n) is 8.42. The average Bonchev–Trinajstić information content (AvgIpc) is 2.72. The van der Waals surface area contributed by atoms with Crippen molar-refractivity contribution in [3.05, 3.63) is 23.8 Å². The highest BCUT2D eigenvalue weighted by atomic mass is 127. The third-order valence-corrected chi connectivity index (χ3v) is 4.89. The van der Waals surface area contributed by atoms with Crippen molar-refractivity contribution in [3.63, 3.8) is 0 Å². The van der Waals surface area contributed by atoms with Crippen molar-refractivity contribution >= 4 is 36.0 Å². The number of aliphatic imine (C=N–C) groups is 1. The predicted octanol–water partition coefficient (Wildman–Crippen LogP) is 3.63. The summed E-state index contributed by atoms with van der Waals surface area (Å²) < 4.78 is 16.2. The van der Waals surface area contributed by atoms with Gasteiger partial charge in [-0.05, 0) is 51.7 Å². The second-order valence-corrected chi connectivity index (χ2v) is 8.42. The van der Waals surface area contributed by atoms with Crippen LogP contribution >= 0.6 is 24.0 Å². The van der Waals surface area contributed by atoms with Gasteiger partial charge >= 0.3 is 6.09 Å². The number of nitrogens with zero attached hydrogens (tertiary/aromatic N) is 2. The van der Waals surface area contributed by atoms with Gasteiger partial charge in [0.1, 0.15) is 17.1 Å². The number of nitrogens with one attached hydrogen (secondary N) is 2. The van der Waals surface area contributed by atoms with E-state index in [0.717, 1.165) is 43.0 Å². The number of piperidine rings is 1. The largest absolute Gasteiger partial charge is 0.497 e. The molecule has 176 valence electrons. The molecule has 1 unspecified atom stereocenters. The molecule has 1 saturated heterocycles. The number of amides is 1. The van der Waals surface area contributed by atoms with Gasteiger partial charge in [-0.3, -0.25) is 4.99 Å². The Morgan fingerprint density at radius 1 is 1.23 bits per heavy atom. The molecule has 0 aromatic heterocycles. The van der Waals surface area contributed by atoms with E-state index in [9.17, 15) is 4.79 Å². The van der Waals surface area contributed by atoms with E-state index in [2.05, 4.69) is 15.6 Å². The number of halogens is 1. The molecule has 1 amide bonds. The van der Waals surface area contributed by atoms with Crippen LogP contribution in [0.2, 0.25) is 0 Å². The number of carbonyl (C=O) groups is 1. The van der Waals surface area contributed by atoms with Gasteiger partial charge in [-0.15, -0.1) is 24.0 Å². The first-order chi connectivity index (χ1) is 14.3. The maximum Gasteiger partial charge on any atom is 0.410 e. The Hall–Kier alpha value is -1.91. The minimum absolute atomic E-state index is 0. The molecule has 2 rings (SSSR count). The summed E-state index contributed by atoms with van der Waals surface area (Å²) in [6, 6.07) is 5.74. The molecule has 2 N–H and O–H groups in total. The summed E-state index contributed by atoms with van der Waals surface area (Å²) in [5.74, 6) is 2.57. The van der Waals surface area contributed by atoms with Crippen molar-refractivity contribution in [3.8, 4) is 11.5 Å². The summed E-state index contributed by atoms with van der Waals surface area (Å²) in [5.41, 5.74) is 0.534. The number of rotatable bonds is 6. The Morgan fingerprint density at radius 3 is 2.58 bits per heavy atom. The summed E-state index contributed by atoms with van der Waals surface area (Å²) in [5, 5.41) is 6.69. The normalized spacial score (nSPS) is 16.8. The molecule has 1 aromatic rings. The zero-order chi connectivity index (χ0) is 22.1. The summed E-state index contributed by atoms with van der Waals surface area (Å²) in [6.45, 7) is 8.41. The Kier molecular flexibility index (Phi) is 11.2.